The number of aromatic nitrogens is 1. The monoisotopic (exact) mass is 334 g/mol. The van der Waals surface area contributed by atoms with Crippen LogP contribution in [0.4, 0.5) is 4.39 Å². The Hall–Kier alpha value is -1.81. The quantitative estimate of drug-likeness (QED) is 0.789. The van der Waals surface area contributed by atoms with Crippen LogP contribution in [0, 0.1) is 5.82 Å². The average Bonchev–Trinajstić information content (AvgIpc) is 2.82. The molecule has 1 aliphatic heterocycles. The number of rotatable bonds is 2. The van der Waals surface area contributed by atoms with E-state index in [1.165, 1.54) is 18.2 Å². The molecule has 1 aromatic heterocycles. The molecule has 2 heterocycles. The molecule has 122 valence electrons. The Morgan fingerprint density at radius 1 is 1.26 bits per heavy atom. The second-order valence-electron chi connectivity index (χ2n) is 6.03. The van der Waals surface area contributed by atoms with Crippen LogP contribution in [0.25, 0.3) is 0 Å². The molecule has 1 aromatic carbocycles. The smallest absolute Gasteiger partial charge is 0.257 e. The fraction of sp³-hybridized carbons (Fsp3) is 0.389. The predicted octanol–water partition coefficient (Wildman–Crippen LogP) is 4.58. The van der Waals surface area contributed by atoms with Gasteiger partial charge in [0.1, 0.15) is 5.82 Å². The third-order valence-corrected chi connectivity index (χ3v) is 4.73. The van der Waals surface area contributed by atoms with Crippen LogP contribution in [-0.4, -0.2) is 21.9 Å². The standard InChI is InChI=1S/C18H20ClFN2O/c1-21-10-5-7-16(21)17-6-3-2-4-11-22(17)18(23)14-12-13(19)8-9-15(14)20/h5,7-10,12,17H,2-4,6,11H2,1H3/t17-/m1/s1. The molecule has 0 radical (unpaired) electrons. The van der Waals surface area contributed by atoms with Gasteiger partial charge in [-0.15, -0.1) is 0 Å². The average molecular weight is 335 g/mol. The molecular formula is C18H20ClFN2O. The molecule has 1 amide bonds. The Bertz CT molecular complexity index is 713. The second-order valence-corrected chi connectivity index (χ2v) is 6.47. The lowest BCUT2D eigenvalue weighted by molar-refractivity contribution is 0.0669. The van der Waals surface area contributed by atoms with Crippen LogP contribution in [-0.2, 0) is 7.05 Å². The largest absolute Gasteiger partial charge is 0.353 e. The maximum Gasteiger partial charge on any atom is 0.257 e. The van der Waals surface area contributed by atoms with Crippen LogP contribution in [0.5, 0.6) is 0 Å². The minimum atomic E-state index is -0.519. The van der Waals surface area contributed by atoms with E-state index in [0.29, 0.717) is 11.6 Å². The van der Waals surface area contributed by atoms with Crippen LogP contribution < -0.4 is 0 Å². The summed E-state index contributed by atoms with van der Waals surface area (Å²) in [5.41, 5.74) is 1.14. The van der Waals surface area contributed by atoms with Gasteiger partial charge < -0.3 is 9.47 Å². The van der Waals surface area contributed by atoms with Crippen LogP contribution in [0.15, 0.2) is 36.5 Å². The van der Waals surface area contributed by atoms with Crippen molar-refractivity contribution in [2.45, 2.75) is 31.7 Å². The molecule has 3 rings (SSSR count). The maximum atomic E-state index is 14.1. The van der Waals surface area contributed by atoms with Gasteiger partial charge in [-0.1, -0.05) is 24.4 Å². The third-order valence-electron chi connectivity index (χ3n) is 4.50. The zero-order valence-corrected chi connectivity index (χ0v) is 13.9. The third kappa shape index (κ3) is 3.27. The van der Waals surface area contributed by atoms with Gasteiger partial charge in [0.25, 0.3) is 5.91 Å². The highest BCUT2D eigenvalue weighted by Crippen LogP contribution is 2.32. The number of hydrogen-bond donors (Lipinski definition) is 0. The van der Waals surface area contributed by atoms with Crippen molar-refractivity contribution in [1.29, 1.82) is 0 Å². The van der Waals surface area contributed by atoms with Gasteiger partial charge in [-0.25, -0.2) is 4.39 Å². The lowest BCUT2D eigenvalue weighted by atomic mass is 10.1. The first-order valence-corrected chi connectivity index (χ1v) is 8.33. The first-order chi connectivity index (χ1) is 11.1. The van der Waals surface area contributed by atoms with Gasteiger partial charge in [-0.05, 0) is 43.2 Å². The summed E-state index contributed by atoms with van der Waals surface area (Å²) in [6, 6.07) is 8.12. The molecule has 3 nitrogen and oxygen atoms in total. The Kier molecular flexibility index (Phi) is 4.71. The Balaban J connectivity index is 1.98. The molecule has 1 atom stereocenters. The first-order valence-electron chi connectivity index (χ1n) is 7.95. The molecule has 1 aliphatic rings. The highest BCUT2D eigenvalue weighted by atomic mass is 35.5. The minimum Gasteiger partial charge on any atom is -0.353 e. The Morgan fingerprint density at radius 3 is 2.83 bits per heavy atom. The van der Waals surface area contributed by atoms with Gasteiger partial charge in [0.15, 0.2) is 0 Å². The summed E-state index contributed by atoms with van der Waals surface area (Å²) in [4.78, 5) is 14.8. The number of halogens is 2. The van der Waals surface area contributed by atoms with E-state index in [9.17, 15) is 9.18 Å². The number of nitrogens with zero attached hydrogens (tertiary/aromatic N) is 2. The van der Waals surface area contributed by atoms with Crippen LogP contribution >= 0.6 is 11.6 Å². The molecule has 0 spiro atoms. The van der Waals surface area contributed by atoms with E-state index in [4.69, 9.17) is 11.6 Å². The molecule has 23 heavy (non-hydrogen) atoms. The first kappa shape index (κ1) is 16.1. The SMILES string of the molecule is Cn1cccc1[C@H]1CCCCCN1C(=O)c1cc(Cl)ccc1F. The van der Waals surface area contributed by atoms with E-state index >= 15 is 0 Å². The van der Waals surface area contributed by atoms with Crippen molar-refractivity contribution >= 4 is 17.5 Å². The summed E-state index contributed by atoms with van der Waals surface area (Å²) in [5, 5.41) is 0.375. The molecule has 0 aliphatic carbocycles. The zero-order chi connectivity index (χ0) is 16.4. The lowest BCUT2D eigenvalue weighted by Gasteiger charge is -2.31. The fourth-order valence-electron chi connectivity index (χ4n) is 3.30. The van der Waals surface area contributed by atoms with Gasteiger partial charge in [0.05, 0.1) is 11.6 Å². The number of hydrogen-bond acceptors (Lipinski definition) is 1. The maximum absolute atomic E-state index is 14.1. The molecule has 2 aromatic rings. The summed E-state index contributed by atoms with van der Waals surface area (Å²) in [6.45, 7) is 0.640. The summed E-state index contributed by atoms with van der Waals surface area (Å²) < 4.78 is 16.1. The number of carbonyl (C=O) groups is 1. The van der Waals surface area contributed by atoms with Crippen molar-refractivity contribution in [1.82, 2.24) is 9.47 Å². The molecular weight excluding hydrogens is 315 g/mol. The van der Waals surface area contributed by atoms with E-state index in [0.717, 1.165) is 31.4 Å². The van der Waals surface area contributed by atoms with Crippen molar-refractivity contribution in [2.24, 2.45) is 7.05 Å². The zero-order valence-electron chi connectivity index (χ0n) is 13.1. The molecule has 1 saturated heterocycles. The fourth-order valence-corrected chi connectivity index (χ4v) is 3.47. The summed E-state index contributed by atoms with van der Waals surface area (Å²) in [5.74, 6) is -0.799. The molecule has 0 unspecified atom stereocenters. The number of likely N-dealkylation sites (tertiary alicyclic amines) is 1. The van der Waals surface area contributed by atoms with Crippen molar-refractivity contribution < 1.29 is 9.18 Å². The van der Waals surface area contributed by atoms with Crippen LogP contribution in [0.1, 0.15) is 47.8 Å². The lowest BCUT2D eigenvalue weighted by Crippen LogP contribution is -2.36. The second kappa shape index (κ2) is 6.75. The van der Waals surface area contributed by atoms with Crippen molar-refractivity contribution in [3.05, 3.63) is 58.6 Å². The molecule has 0 bridgehead atoms. The van der Waals surface area contributed by atoms with Gasteiger partial charge in [-0.2, -0.15) is 0 Å². The topological polar surface area (TPSA) is 25.2 Å². The van der Waals surface area contributed by atoms with Crippen LogP contribution in [0.2, 0.25) is 5.02 Å². The number of benzene rings is 1. The molecule has 5 heteroatoms. The normalized spacial score (nSPS) is 18.7. The van der Waals surface area contributed by atoms with Gasteiger partial charge in [0, 0.05) is 30.5 Å². The van der Waals surface area contributed by atoms with E-state index in [2.05, 4.69) is 0 Å². The minimum absolute atomic E-state index is 0.0246. The van der Waals surface area contributed by atoms with Gasteiger partial charge in [0.2, 0.25) is 0 Å². The van der Waals surface area contributed by atoms with Crippen molar-refractivity contribution in [2.75, 3.05) is 6.54 Å². The van der Waals surface area contributed by atoms with Gasteiger partial charge >= 0.3 is 0 Å². The van der Waals surface area contributed by atoms with Crippen LogP contribution in [0.3, 0.4) is 0 Å². The number of carbonyl (C=O) groups excluding carboxylic acids is 1. The highest BCUT2D eigenvalue weighted by molar-refractivity contribution is 6.31. The van der Waals surface area contributed by atoms with E-state index in [1.807, 2.05) is 29.9 Å². The number of aryl methyl sites for hydroxylation is 1. The Morgan fingerprint density at radius 2 is 2.09 bits per heavy atom. The summed E-state index contributed by atoms with van der Waals surface area (Å²) >= 11 is 5.95. The van der Waals surface area contributed by atoms with E-state index in [1.54, 1.807) is 4.90 Å². The molecule has 0 saturated carbocycles. The van der Waals surface area contributed by atoms with E-state index < -0.39 is 5.82 Å². The highest BCUT2D eigenvalue weighted by Gasteiger charge is 2.30. The van der Waals surface area contributed by atoms with Gasteiger partial charge in [-0.3, -0.25) is 4.79 Å². The molecule has 1 fully saturated rings. The summed E-state index contributed by atoms with van der Waals surface area (Å²) in [6.07, 6.45) is 5.96. The molecule has 0 N–H and O–H groups in total. The van der Waals surface area contributed by atoms with E-state index in [-0.39, 0.29) is 17.5 Å². The van der Waals surface area contributed by atoms with Crippen molar-refractivity contribution in [3.8, 4) is 0 Å². The Labute approximate surface area is 140 Å². The summed E-state index contributed by atoms with van der Waals surface area (Å²) in [7, 11) is 1.98. The van der Waals surface area contributed by atoms with Crippen molar-refractivity contribution in [3.63, 3.8) is 0 Å². The predicted molar refractivity (Wildman–Crippen MR) is 89.1 cm³/mol. The number of amides is 1.